The van der Waals surface area contributed by atoms with Crippen LogP contribution in [0.3, 0.4) is 0 Å². The molecule has 0 rings (SSSR count). The first-order valence-corrected chi connectivity index (χ1v) is 16.3. The maximum absolute atomic E-state index is 11.9. The van der Waals surface area contributed by atoms with E-state index in [1.165, 1.54) is 25.7 Å². The molecule has 0 saturated heterocycles. The Morgan fingerprint density at radius 3 is 1.14 bits per heavy atom. The molecule has 10 heteroatoms. The third-order valence-electron chi connectivity index (χ3n) is 8.02. The van der Waals surface area contributed by atoms with Crippen molar-refractivity contribution in [3.05, 3.63) is 12.2 Å². The number of aliphatic hydroxyl groups is 4. The summed E-state index contributed by atoms with van der Waals surface area (Å²) in [5.41, 5.74) is 0. The minimum atomic E-state index is -0.163. The molecule has 10 nitrogen and oxygen atoms in total. The molecule has 0 aromatic heterocycles. The molecule has 4 N–H and O–H groups in total. The van der Waals surface area contributed by atoms with Gasteiger partial charge in [0.2, 0.25) is 0 Å². The van der Waals surface area contributed by atoms with Crippen LogP contribution < -0.4 is 0 Å². The lowest BCUT2D eigenvalue weighted by Crippen LogP contribution is -2.50. The summed E-state index contributed by atoms with van der Waals surface area (Å²) in [4.78, 5) is 23.9. The zero-order chi connectivity index (χ0) is 31.4. The Morgan fingerprint density at radius 2 is 0.810 bits per heavy atom. The number of unbranched alkanes of at least 4 members (excludes halogenated alkanes) is 10. The van der Waals surface area contributed by atoms with Crippen LogP contribution in [0.25, 0.3) is 0 Å². The van der Waals surface area contributed by atoms with Crippen molar-refractivity contribution >= 4 is 11.9 Å². The summed E-state index contributed by atoms with van der Waals surface area (Å²) in [6.45, 7) is 4.18. The first kappa shape index (κ1) is 40.4. The lowest BCUT2D eigenvalue weighted by molar-refractivity contribution is -0.910. The number of esters is 2. The first-order valence-electron chi connectivity index (χ1n) is 16.3. The Morgan fingerprint density at radius 1 is 0.500 bits per heavy atom. The van der Waals surface area contributed by atoms with E-state index >= 15 is 0 Å². The molecule has 0 aromatic rings. The highest BCUT2D eigenvalue weighted by molar-refractivity contribution is 5.69. The van der Waals surface area contributed by atoms with Crippen molar-refractivity contribution < 1.29 is 48.5 Å². The van der Waals surface area contributed by atoms with Crippen LogP contribution in [0.5, 0.6) is 0 Å². The molecule has 0 aromatic carbocycles. The highest BCUT2D eigenvalue weighted by Gasteiger charge is 2.21. The van der Waals surface area contributed by atoms with E-state index in [0.29, 0.717) is 74.3 Å². The van der Waals surface area contributed by atoms with Crippen molar-refractivity contribution in [3.8, 4) is 0 Å². The van der Waals surface area contributed by atoms with Gasteiger partial charge in [0.1, 0.15) is 52.5 Å². The van der Waals surface area contributed by atoms with Crippen LogP contribution in [0, 0.1) is 0 Å². The molecule has 0 atom stereocenters. The van der Waals surface area contributed by atoms with Gasteiger partial charge < -0.3 is 38.9 Å². The second kappa shape index (κ2) is 27.0. The molecule has 248 valence electrons. The molecule has 0 radical (unpaired) electrons. The molecule has 0 heterocycles. The summed E-state index contributed by atoms with van der Waals surface area (Å²) in [7, 11) is 3.90. The number of likely N-dealkylation sites (N-methyl/N-ethyl adjacent to an activating group) is 2. The SMILES string of the molecule is C[N+](CCO)(CCO)CCOC(=O)CCCCCCCC=CCCCCCCCC(=O)OCC[N+](C)(CCO)CCO. The van der Waals surface area contributed by atoms with Gasteiger partial charge in [-0.05, 0) is 38.5 Å². The number of hydrogen-bond acceptors (Lipinski definition) is 8. The standard InChI is InChI=1S/C32H64N2O8/c1-33(19-25-35,20-26-36)23-29-41-31(39)17-15-13-11-9-7-5-3-4-6-8-10-12-14-16-18-32(40)42-30-24-34(2,21-27-37)22-28-38/h3-4,35-38H,5-30H2,1-2H3/q+2. The number of quaternary nitrogens is 2. The topological polar surface area (TPSA) is 134 Å². The van der Waals surface area contributed by atoms with Gasteiger partial charge in [0.15, 0.2) is 0 Å². The van der Waals surface area contributed by atoms with Gasteiger partial charge in [-0.1, -0.05) is 50.7 Å². The number of aliphatic hydroxyl groups excluding tert-OH is 4. The minimum absolute atomic E-state index is 0.0474. The third-order valence-corrected chi connectivity index (χ3v) is 8.02. The van der Waals surface area contributed by atoms with E-state index in [-0.39, 0.29) is 38.4 Å². The summed E-state index contributed by atoms with van der Waals surface area (Å²) in [5.74, 6) is -0.326. The molecule has 42 heavy (non-hydrogen) atoms. The van der Waals surface area contributed by atoms with Gasteiger partial charge in [0.05, 0.1) is 40.5 Å². The summed E-state index contributed by atoms with van der Waals surface area (Å²) in [6, 6.07) is 0. The van der Waals surface area contributed by atoms with Crippen LogP contribution in [-0.4, -0.2) is 134 Å². The number of hydrogen-bond donors (Lipinski definition) is 4. The van der Waals surface area contributed by atoms with E-state index in [0.717, 1.165) is 51.4 Å². The second-order valence-electron chi connectivity index (χ2n) is 12.0. The number of carbonyl (C=O) groups excluding carboxylic acids is 2. The number of nitrogens with zero attached hydrogens (tertiary/aromatic N) is 2. The fourth-order valence-electron chi connectivity index (χ4n) is 4.90. The maximum atomic E-state index is 11.9. The zero-order valence-electron chi connectivity index (χ0n) is 26.9. The fraction of sp³-hybridized carbons (Fsp3) is 0.875. The summed E-state index contributed by atoms with van der Waals surface area (Å²) >= 11 is 0. The average Bonchev–Trinajstić information content (AvgIpc) is 2.93. The Hall–Kier alpha value is -1.56. The Bertz CT molecular complexity index is 621. The van der Waals surface area contributed by atoms with Crippen LogP contribution in [0.1, 0.15) is 89.9 Å². The zero-order valence-corrected chi connectivity index (χ0v) is 26.9. The molecule has 0 spiro atoms. The fourth-order valence-corrected chi connectivity index (χ4v) is 4.90. The second-order valence-corrected chi connectivity index (χ2v) is 12.0. The third kappa shape index (κ3) is 23.9. The molecular formula is C32H64N2O8+2. The number of allylic oxidation sites excluding steroid dienone is 2. The molecule has 0 aliphatic rings. The van der Waals surface area contributed by atoms with Crippen LogP contribution in [0.4, 0.5) is 0 Å². The highest BCUT2D eigenvalue weighted by Crippen LogP contribution is 2.11. The van der Waals surface area contributed by atoms with Crippen LogP contribution in [0.2, 0.25) is 0 Å². The predicted octanol–water partition coefficient (Wildman–Crippen LogP) is 2.95. The van der Waals surface area contributed by atoms with Crippen LogP contribution >= 0.6 is 0 Å². The van der Waals surface area contributed by atoms with E-state index in [1.54, 1.807) is 0 Å². The lowest BCUT2D eigenvalue weighted by atomic mass is 10.1. The molecule has 0 aliphatic carbocycles. The largest absolute Gasteiger partial charge is 0.460 e. The maximum Gasteiger partial charge on any atom is 0.305 e. The van der Waals surface area contributed by atoms with Gasteiger partial charge >= 0.3 is 11.9 Å². The summed E-state index contributed by atoms with van der Waals surface area (Å²) < 4.78 is 11.7. The molecule has 0 fully saturated rings. The van der Waals surface area contributed by atoms with Gasteiger partial charge in [0.25, 0.3) is 0 Å². The van der Waals surface area contributed by atoms with Gasteiger partial charge in [-0.15, -0.1) is 0 Å². The van der Waals surface area contributed by atoms with E-state index in [1.807, 2.05) is 14.1 Å². The van der Waals surface area contributed by atoms with Gasteiger partial charge in [-0.3, -0.25) is 9.59 Å². The molecular weight excluding hydrogens is 540 g/mol. The predicted molar refractivity (Wildman–Crippen MR) is 166 cm³/mol. The van der Waals surface area contributed by atoms with Crippen molar-refractivity contribution in [1.82, 2.24) is 0 Å². The molecule has 0 amide bonds. The van der Waals surface area contributed by atoms with Crippen molar-refractivity contribution in [3.63, 3.8) is 0 Å². The van der Waals surface area contributed by atoms with E-state index < -0.39 is 0 Å². The van der Waals surface area contributed by atoms with E-state index in [9.17, 15) is 30.0 Å². The van der Waals surface area contributed by atoms with E-state index in [2.05, 4.69) is 12.2 Å². The van der Waals surface area contributed by atoms with Crippen molar-refractivity contribution in [2.45, 2.75) is 89.9 Å². The smallest absolute Gasteiger partial charge is 0.305 e. The average molecular weight is 605 g/mol. The molecule has 0 aliphatic heterocycles. The van der Waals surface area contributed by atoms with Crippen molar-refractivity contribution in [1.29, 1.82) is 0 Å². The number of rotatable bonds is 30. The lowest BCUT2D eigenvalue weighted by Gasteiger charge is -2.33. The highest BCUT2D eigenvalue weighted by atomic mass is 16.5. The van der Waals surface area contributed by atoms with Gasteiger partial charge in [-0.2, -0.15) is 0 Å². The Labute approximate surface area is 255 Å². The summed E-state index contributed by atoms with van der Waals surface area (Å²) in [6.07, 6.45) is 18.4. The molecule has 0 saturated carbocycles. The molecule has 0 bridgehead atoms. The van der Waals surface area contributed by atoms with Crippen LogP contribution in [0.15, 0.2) is 12.2 Å². The van der Waals surface area contributed by atoms with Gasteiger partial charge in [0, 0.05) is 12.8 Å². The summed E-state index contributed by atoms with van der Waals surface area (Å²) in [5, 5.41) is 36.7. The quantitative estimate of drug-likeness (QED) is 0.0426. The van der Waals surface area contributed by atoms with Crippen molar-refractivity contribution in [2.24, 2.45) is 0 Å². The van der Waals surface area contributed by atoms with Crippen molar-refractivity contribution in [2.75, 3.05) is 93.0 Å². The normalized spacial score (nSPS) is 12.2. The van der Waals surface area contributed by atoms with Gasteiger partial charge in [-0.25, -0.2) is 0 Å². The minimum Gasteiger partial charge on any atom is -0.460 e. The van der Waals surface area contributed by atoms with Crippen LogP contribution in [-0.2, 0) is 19.1 Å². The first-order chi connectivity index (χ1) is 20.2. The number of carbonyl (C=O) groups is 2. The molecule has 0 unspecified atom stereocenters. The monoisotopic (exact) mass is 604 g/mol. The van der Waals surface area contributed by atoms with E-state index in [4.69, 9.17) is 9.47 Å². The Kier molecular flexibility index (Phi) is 26.0. The Balaban J connectivity index is 3.56. The number of ether oxygens (including phenoxy) is 2.